The van der Waals surface area contributed by atoms with E-state index < -0.39 is 6.04 Å². The van der Waals surface area contributed by atoms with E-state index in [1.165, 1.54) is 19.2 Å². The summed E-state index contributed by atoms with van der Waals surface area (Å²) in [4.78, 5) is 11.8. The molecule has 0 heterocycles. The SMILES string of the molecule is COC(=O)C(NCC(C)C)c1ccc(F)cc1Br. The van der Waals surface area contributed by atoms with Gasteiger partial charge in [-0.25, -0.2) is 9.18 Å². The van der Waals surface area contributed by atoms with Gasteiger partial charge in [0.1, 0.15) is 11.9 Å². The molecule has 18 heavy (non-hydrogen) atoms. The minimum absolute atomic E-state index is 0.349. The van der Waals surface area contributed by atoms with E-state index in [1.54, 1.807) is 6.07 Å². The van der Waals surface area contributed by atoms with E-state index >= 15 is 0 Å². The number of hydrogen-bond acceptors (Lipinski definition) is 3. The van der Waals surface area contributed by atoms with Crippen molar-refractivity contribution in [3.63, 3.8) is 0 Å². The Labute approximate surface area is 115 Å². The van der Waals surface area contributed by atoms with Gasteiger partial charge in [-0.05, 0) is 30.2 Å². The molecule has 5 heteroatoms. The highest BCUT2D eigenvalue weighted by atomic mass is 79.9. The molecule has 0 aliphatic heterocycles. The van der Waals surface area contributed by atoms with Gasteiger partial charge in [-0.3, -0.25) is 0 Å². The maximum Gasteiger partial charge on any atom is 0.327 e. The maximum atomic E-state index is 13.0. The van der Waals surface area contributed by atoms with Crippen LogP contribution in [-0.2, 0) is 9.53 Å². The van der Waals surface area contributed by atoms with Crippen molar-refractivity contribution < 1.29 is 13.9 Å². The zero-order valence-corrected chi connectivity index (χ0v) is 12.3. The Morgan fingerprint density at radius 1 is 1.50 bits per heavy atom. The van der Waals surface area contributed by atoms with Crippen LogP contribution < -0.4 is 5.32 Å². The van der Waals surface area contributed by atoms with Crippen molar-refractivity contribution in [2.45, 2.75) is 19.9 Å². The topological polar surface area (TPSA) is 38.3 Å². The van der Waals surface area contributed by atoms with Gasteiger partial charge in [0.2, 0.25) is 0 Å². The number of nitrogens with one attached hydrogen (secondary N) is 1. The molecule has 1 atom stereocenters. The van der Waals surface area contributed by atoms with Crippen molar-refractivity contribution in [2.75, 3.05) is 13.7 Å². The van der Waals surface area contributed by atoms with E-state index in [0.717, 1.165) is 0 Å². The lowest BCUT2D eigenvalue weighted by Crippen LogP contribution is -2.32. The predicted octanol–water partition coefficient (Wildman–Crippen LogP) is 3.05. The molecule has 1 rings (SSSR count). The van der Waals surface area contributed by atoms with Crippen molar-refractivity contribution in [3.8, 4) is 0 Å². The Morgan fingerprint density at radius 2 is 2.17 bits per heavy atom. The largest absolute Gasteiger partial charge is 0.468 e. The Hall–Kier alpha value is -0.940. The quantitative estimate of drug-likeness (QED) is 0.848. The van der Waals surface area contributed by atoms with Crippen LogP contribution in [0.5, 0.6) is 0 Å². The van der Waals surface area contributed by atoms with E-state index in [2.05, 4.69) is 21.2 Å². The molecule has 100 valence electrons. The molecular formula is C13H17BrFNO2. The third kappa shape index (κ3) is 4.07. The monoisotopic (exact) mass is 317 g/mol. The van der Waals surface area contributed by atoms with Gasteiger partial charge in [0.25, 0.3) is 0 Å². The van der Waals surface area contributed by atoms with Crippen LogP contribution >= 0.6 is 15.9 Å². The molecule has 3 nitrogen and oxygen atoms in total. The third-order valence-electron chi connectivity index (χ3n) is 2.44. The van der Waals surface area contributed by atoms with E-state index in [9.17, 15) is 9.18 Å². The van der Waals surface area contributed by atoms with Crippen molar-refractivity contribution in [2.24, 2.45) is 5.92 Å². The second-order valence-electron chi connectivity index (χ2n) is 4.42. The van der Waals surface area contributed by atoms with Crippen LogP contribution in [-0.4, -0.2) is 19.6 Å². The van der Waals surface area contributed by atoms with E-state index in [0.29, 0.717) is 22.5 Å². The summed E-state index contributed by atoms with van der Waals surface area (Å²) in [5.41, 5.74) is 0.670. The summed E-state index contributed by atoms with van der Waals surface area (Å²) in [5.74, 6) is -0.336. The summed E-state index contributed by atoms with van der Waals surface area (Å²) >= 11 is 3.26. The molecule has 0 radical (unpaired) electrons. The standard InChI is InChI=1S/C13H17BrFNO2/c1-8(2)7-16-12(13(17)18-3)10-5-4-9(15)6-11(10)14/h4-6,8,12,16H,7H2,1-3H3. The third-order valence-corrected chi connectivity index (χ3v) is 3.13. The van der Waals surface area contributed by atoms with Crippen molar-refractivity contribution in [1.29, 1.82) is 0 Å². The lowest BCUT2D eigenvalue weighted by molar-refractivity contribution is -0.143. The molecule has 0 saturated carbocycles. The van der Waals surface area contributed by atoms with Crippen LogP contribution in [0.15, 0.2) is 22.7 Å². The number of methoxy groups -OCH3 is 1. The fourth-order valence-electron chi connectivity index (χ4n) is 1.53. The van der Waals surface area contributed by atoms with Crippen LogP contribution in [0, 0.1) is 11.7 Å². The number of hydrogen-bond donors (Lipinski definition) is 1. The zero-order valence-electron chi connectivity index (χ0n) is 10.7. The summed E-state index contributed by atoms with van der Waals surface area (Å²) in [6.07, 6.45) is 0. The van der Waals surface area contributed by atoms with Crippen molar-refractivity contribution >= 4 is 21.9 Å². The van der Waals surface area contributed by atoms with Gasteiger partial charge < -0.3 is 10.1 Å². The van der Waals surface area contributed by atoms with Gasteiger partial charge in [0.05, 0.1) is 7.11 Å². The molecule has 1 unspecified atom stereocenters. The average molecular weight is 318 g/mol. The van der Waals surface area contributed by atoms with Crippen LogP contribution in [0.2, 0.25) is 0 Å². The number of carbonyl (C=O) groups is 1. The van der Waals surface area contributed by atoms with Crippen LogP contribution in [0.4, 0.5) is 4.39 Å². The summed E-state index contributed by atoms with van der Waals surface area (Å²) < 4.78 is 18.4. The van der Waals surface area contributed by atoms with Gasteiger partial charge in [-0.2, -0.15) is 0 Å². The molecule has 0 aliphatic rings. The summed E-state index contributed by atoms with van der Waals surface area (Å²) in [6, 6.07) is 3.65. The number of ether oxygens (including phenoxy) is 1. The molecule has 0 fully saturated rings. The highest BCUT2D eigenvalue weighted by molar-refractivity contribution is 9.10. The molecular weight excluding hydrogens is 301 g/mol. The fourth-order valence-corrected chi connectivity index (χ4v) is 2.11. The van der Waals surface area contributed by atoms with Gasteiger partial charge in [-0.15, -0.1) is 0 Å². The number of esters is 1. The van der Waals surface area contributed by atoms with Crippen molar-refractivity contribution in [3.05, 3.63) is 34.1 Å². The average Bonchev–Trinajstić information content (AvgIpc) is 2.30. The molecule has 0 aromatic heterocycles. The Balaban J connectivity index is 2.97. The number of halogens is 2. The second kappa shape index (κ2) is 6.85. The highest BCUT2D eigenvalue weighted by Gasteiger charge is 2.23. The van der Waals surface area contributed by atoms with E-state index in [4.69, 9.17) is 4.74 Å². The molecule has 1 N–H and O–H groups in total. The first-order valence-corrected chi connectivity index (χ1v) is 6.51. The van der Waals surface area contributed by atoms with Gasteiger partial charge in [0, 0.05) is 4.47 Å². The van der Waals surface area contributed by atoms with Crippen LogP contribution in [0.1, 0.15) is 25.5 Å². The summed E-state index contributed by atoms with van der Waals surface area (Å²) in [7, 11) is 1.34. The first-order chi connectivity index (χ1) is 8.45. The van der Waals surface area contributed by atoms with Gasteiger partial charge >= 0.3 is 5.97 Å². The number of benzene rings is 1. The lowest BCUT2D eigenvalue weighted by atomic mass is 10.1. The van der Waals surface area contributed by atoms with Crippen molar-refractivity contribution in [1.82, 2.24) is 5.32 Å². The smallest absolute Gasteiger partial charge is 0.327 e. The van der Waals surface area contributed by atoms with E-state index in [-0.39, 0.29) is 11.8 Å². The zero-order chi connectivity index (χ0) is 13.7. The molecule has 0 amide bonds. The minimum atomic E-state index is -0.590. The van der Waals surface area contributed by atoms with Gasteiger partial charge in [-0.1, -0.05) is 35.8 Å². The number of carbonyl (C=O) groups excluding carboxylic acids is 1. The molecule has 0 aliphatic carbocycles. The minimum Gasteiger partial charge on any atom is -0.468 e. The summed E-state index contributed by atoms with van der Waals surface area (Å²) in [6.45, 7) is 4.76. The Bertz CT molecular complexity index is 423. The first kappa shape index (κ1) is 15.1. The molecule has 0 spiro atoms. The normalized spacial score (nSPS) is 12.6. The number of rotatable bonds is 5. The maximum absolute atomic E-state index is 13.0. The lowest BCUT2D eigenvalue weighted by Gasteiger charge is -2.19. The molecule has 1 aromatic carbocycles. The van der Waals surface area contributed by atoms with Crippen LogP contribution in [0.25, 0.3) is 0 Å². The first-order valence-electron chi connectivity index (χ1n) is 5.72. The second-order valence-corrected chi connectivity index (χ2v) is 5.28. The van der Waals surface area contributed by atoms with Crippen LogP contribution in [0.3, 0.4) is 0 Å². The Morgan fingerprint density at radius 3 is 2.67 bits per heavy atom. The highest BCUT2D eigenvalue weighted by Crippen LogP contribution is 2.25. The molecule has 0 saturated heterocycles. The molecule has 0 bridgehead atoms. The predicted molar refractivity (Wildman–Crippen MR) is 71.7 cm³/mol. The summed E-state index contributed by atoms with van der Waals surface area (Å²) in [5, 5.41) is 3.12. The van der Waals surface area contributed by atoms with Gasteiger partial charge in [0.15, 0.2) is 0 Å². The fraction of sp³-hybridized carbons (Fsp3) is 0.462. The Kier molecular flexibility index (Phi) is 5.75. The van der Waals surface area contributed by atoms with E-state index in [1.807, 2.05) is 13.8 Å². The molecule has 1 aromatic rings.